The van der Waals surface area contributed by atoms with E-state index in [1.54, 1.807) is 0 Å². The minimum Gasteiger partial charge on any atom is -0.462 e. The zero-order valence-electron chi connectivity index (χ0n) is 44.2. The number of rotatable bonds is 45. The maximum Gasteiger partial charge on any atom is 0.306 e. The number of hydrogen-bond donors (Lipinski definition) is 7. The van der Waals surface area contributed by atoms with Gasteiger partial charge in [-0.15, -0.1) is 0 Å². The van der Waals surface area contributed by atoms with Gasteiger partial charge in [-0.3, -0.25) is 9.59 Å². The molecular formula is C56H102O15. The van der Waals surface area contributed by atoms with Crippen LogP contribution >= 0.6 is 0 Å². The Morgan fingerprint density at radius 1 is 0.451 bits per heavy atom. The van der Waals surface area contributed by atoms with Gasteiger partial charge >= 0.3 is 11.9 Å². The topological polar surface area (TPSA) is 231 Å². The van der Waals surface area contributed by atoms with E-state index < -0.39 is 92.7 Å². The first-order valence-corrected chi connectivity index (χ1v) is 28.4. The largest absolute Gasteiger partial charge is 0.462 e. The Morgan fingerprint density at radius 3 is 1.30 bits per heavy atom. The van der Waals surface area contributed by atoms with Crippen LogP contribution in [0.3, 0.4) is 0 Å². The van der Waals surface area contributed by atoms with Crippen LogP contribution in [-0.2, 0) is 38.0 Å². The molecule has 71 heavy (non-hydrogen) atoms. The summed E-state index contributed by atoms with van der Waals surface area (Å²) in [5, 5.41) is 72.2. The van der Waals surface area contributed by atoms with Crippen molar-refractivity contribution >= 4 is 11.9 Å². The highest BCUT2D eigenvalue weighted by molar-refractivity contribution is 5.70. The number of hydrogen-bond acceptors (Lipinski definition) is 15. The Morgan fingerprint density at radius 2 is 0.831 bits per heavy atom. The third-order valence-electron chi connectivity index (χ3n) is 13.7. The molecule has 0 aromatic rings. The van der Waals surface area contributed by atoms with Gasteiger partial charge in [0.1, 0.15) is 55.4 Å². The first-order chi connectivity index (χ1) is 34.5. The molecule has 0 bridgehead atoms. The second-order valence-electron chi connectivity index (χ2n) is 20.2. The van der Waals surface area contributed by atoms with Crippen LogP contribution in [0.4, 0.5) is 0 Å². The lowest BCUT2D eigenvalue weighted by Crippen LogP contribution is -2.61. The van der Waals surface area contributed by atoms with Crippen molar-refractivity contribution in [2.24, 2.45) is 0 Å². The van der Waals surface area contributed by atoms with Gasteiger partial charge in [0.25, 0.3) is 0 Å². The minimum absolute atomic E-state index is 0.167. The number of ether oxygens (including phenoxy) is 6. The van der Waals surface area contributed by atoms with Crippen molar-refractivity contribution < 1.29 is 73.8 Å². The summed E-state index contributed by atoms with van der Waals surface area (Å²) in [4.78, 5) is 25.8. The number of esters is 2. The van der Waals surface area contributed by atoms with Gasteiger partial charge in [0.15, 0.2) is 18.7 Å². The lowest BCUT2D eigenvalue weighted by atomic mass is 9.98. The Kier molecular flexibility index (Phi) is 39.6. The van der Waals surface area contributed by atoms with E-state index in [1.807, 2.05) is 0 Å². The average Bonchev–Trinajstić information content (AvgIpc) is 3.36. The molecule has 0 saturated carbocycles. The molecule has 0 aromatic heterocycles. The monoisotopic (exact) mass is 1010 g/mol. The van der Waals surface area contributed by atoms with Crippen LogP contribution in [0.25, 0.3) is 0 Å². The number of unbranched alkanes of at least 4 members (excludes halogenated alkanes) is 28. The Bertz CT molecular complexity index is 1330. The highest BCUT2D eigenvalue weighted by Gasteiger charge is 2.47. The van der Waals surface area contributed by atoms with Gasteiger partial charge in [0.2, 0.25) is 0 Å². The van der Waals surface area contributed by atoms with E-state index in [0.29, 0.717) is 12.8 Å². The summed E-state index contributed by atoms with van der Waals surface area (Å²) in [5.41, 5.74) is 0. The van der Waals surface area contributed by atoms with Crippen molar-refractivity contribution in [3.05, 3.63) is 24.3 Å². The second-order valence-corrected chi connectivity index (χ2v) is 20.2. The lowest BCUT2D eigenvalue weighted by Gasteiger charge is -2.42. The minimum atomic E-state index is -1.77. The molecule has 416 valence electrons. The lowest BCUT2D eigenvalue weighted by molar-refractivity contribution is -0.332. The average molecular weight is 1020 g/mol. The molecule has 15 heteroatoms. The molecular weight excluding hydrogens is 913 g/mol. The highest BCUT2D eigenvalue weighted by Crippen LogP contribution is 2.27. The molecule has 0 aromatic carbocycles. The summed E-state index contributed by atoms with van der Waals surface area (Å²) in [5.74, 6) is -0.931. The smallest absolute Gasteiger partial charge is 0.306 e. The number of aliphatic hydroxyl groups excluding tert-OH is 7. The van der Waals surface area contributed by atoms with Crippen LogP contribution in [0.1, 0.15) is 226 Å². The van der Waals surface area contributed by atoms with Crippen LogP contribution in [0.2, 0.25) is 0 Å². The molecule has 2 aliphatic rings. The van der Waals surface area contributed by atoms with Crippen molar-refractivity contribution in [3.8, 4) is 0 Å². The first kappa shape index (κ1) is 65.1. The van der Waals surface area contributed by atoms with Gasteiger partial charge in [0.05, 0.1) is 19.8 Å². The predicted octanol–water partition coefficient (Wildman–Crippen LogP) is 9.11. The molecule has 2 fully saturated rings. The molecule has 4 unspecified atom stereocenters. The fourth-order valence-corrected chi connectivity index (χ4v) is 9.03. The maximum absolute atomic E-state index is 13.1. The van der Waals surface area contributed by atoms with Crippen LogP contribution in [0.15, 0.2) is 24.3 Å². The number of allylic oxidation sites excluding steroid dienone is 4. The summed E-state index contributed by atoms with van der Waals surface area (Å²) in [6, 6.07) is 0. The molecule has 0 aliphatic carbocycles. The quantitative estimate of drug-likeness (QED) is 0.0171. The SMILES string of the molecule is CCCCCC/C=C/C=C/CCCCCCCC(=O)OC[C@H](CO[C@H]1O[C@@H](CO[C@H]2O[C@@H](CO)[C@@H](O)C(O)C2O)[C@@H](O)C(O)C1O)OC(=O)CCCCCCCCCCCCCCCCCCCCCC. The van der Waals surface area contributed by atoms with E-state index >= 15 is 0 Å². The molecule has 2 rings (SSSR count). The highest BCUT2D eigenvalue weighted by atomic mass is 16.7. The Labute approximate surface area is 428 Å². The second kappa shape index (κ2) is 43.2. The maximum atomic E-state index is 13.1. The predicted molar refractivity (Wildman–Crippen MR) is 275 cm³/mol. The van der Waals surface area contributed by atoms with Crippen molar-refractivity contribution in [1.82, 2.24) is 0 Å². The van der Waals surface area contributed by atoms with Gasteiger partial charge < -0.3 is 64.2 Å². The first-order valence-electron chi connectivity index (χ1n) is 28.4. The van der Waals surface area contributed by atoms with E-state index in [0.717, 1.165) is 57.8 Å². The van der Waals surface area contributed by atoms with Crippen LogP contribution < -0.4 is 0 Å². The van der Waals surface area contributed by atoms with Crippen LogP contribution in [-0.4, -0.2) is 142 Å². The number of carbonyl (C=O) groups excluding carboxylic acids is 2. The number of aliphatic hydroxyl groups is 7. The normalized spacial score (nSPS) is 25.3. The van der Waals surface area contributed by atoms with Gasteiger partial charge in [-0.25, -0.2) is 0 Å². The molecule has 0 spiro atoms. The van der Waals surface area contributed by atoms with E-state index in [2.05, 4.69) is 38.2 Å². The van der Waals surface area contributed by atoms with E-state index in [9.17, 15) is 45.3 Å². The van der Waals surface area contributed by atoms with Gasteiger partial charge in [0, 0.05) is 12.8 Å². The van der Waals surface area contributed by atoms with Gasteiger partial charge in [-0.05, 0) is 38.5 Å². The molecule has 2 saturated heterocycles. The zero-order chi connectivity index (χ0) is 51.7. The molecule has 0 amide bonds. The summed E-state index contributed by atoms with van der Waals surface area (Å²) in [6.45, 7) is 2.59. The summed E-state index contributed by atoms with van der Waals surface area (Å²) in [6.07, 6.45) is 29.1. The third kappa shape index (κ3) is 30.8. The zero-order valence-corrected chi connectivity index (χ0v) is 44.2. The van der Waals surface area contributed by atoms with Crippen molar-refractivity contribution in [2.75, 3.05) is 26.4 Å². The molecule has 15 nitrogen and oxygen atoms in total. The van der Waals surface area contributed by atoms with Crippen molar-refractivity contribution in [3.63, 3.8) is 0 Å². The summed E-state index contributed by atoms with van der Waals surface area (Å²) < 4.78 is 33.7. The van der Waals surface area contributed by atoms with E-state index in [-0.39, 0.29) is 26.1 Å². The molecule has 11 atom stereocenters. The van der Waals surface area contributed by atoms with E-state index in [4.69, 9.17) is 28.4 Å². The van der Waals surface area contributed by atoms with Gasteiger partial charge in [-0.2, -0.15) is 0 Å². The third-order valence-corrected chi connectivity index (χ3v) is 13.7. The molecule has 2 aliphatic heterocycles. The molecule has 7 N–H and O–H groups in total. The van der Waals surface area contributed by atoms with Crippen molar-refractivity contribution in [2.45, 2.75) is 293 Å². The van der Waals surface area contributed by atoms with Crippen LogP contribution in [0, 0.1) is 0 Å². The van der Waals surface area contributed by atoms with Crippen molar-refractivity contribution in [1.29, 1.82) is 0 Å². The Hall–Kier alpha value is -2.02. The number of carbonyl (C=O) groups is 2. The molecule has 0 radical (unpaired) electrons. The summed E-state index contributed by atoms with van der Waals surface area (Å²) >= 11 is 0. The Balaban J connectivity index is 1.76. The fraction of sp³-hybridized carbons (Fsp3) is 0.893. The molecule has 2 heterocycles. The fourth-order valence-electron chi connectivity index (χ4n) is 9.03. The standard InChI is InChI=1S/C56H102O15/c1-3-5-7-9-11-13-15-17-19-20-21-22-23-25-27-29-31-33-35-37-39-48(59)69-44(41-66-47(58)38-36-34-32-30-28-26-24-18-16-14-12-10-8-6-4-2)42-67-55-54(65)52(63)50(61)46(71-55)43-68-56-53(64)51(62)49(60)45(40-57)70-56/h14,16,18,24,44-46,49-57,60-65H,3-13,15,17,19-23,25-43H2,1-2H3/b16-14+,24-18+/t44-,45+,46+,49-,50-,51?,52?,53?,54?,55+,56+/m1/s1. The van der Waals surface area contributed by atoms with Crippen LogP contribution in [0.5, 0.6) is 0 Å². The van der Waals surface area contributed by atoms with Gasteiger partial charge in [-0.1, -0.05) is 199 Å². The summed E-state index contributed by atoms with van der Waals surface area (Å²) in [7, 11) is 0. The van der Waals surface area contributed by atoms with E-state index in [1.165, 1.54) is 128 Å².